The Morgan fingerprint density at radius 3 is 2.33 bits per heavy atom. The van der Waals surface area contributed by atoms with E-state index in [9.17, 15) is 0 Å². The second-order valence-corrected chi connectivity index (χ2v) is 7.88. The number of hydrogen-bond acceptors (Lipinski definition) is 3. The molecule has 1 atom stereocenters. The smallest absolute Gasteiger partial charge is 0.399 e. The van der Waals surface area contributed by atoms with Crippen molar-refractivity contribution in [2.45, 2.75) is 51.2 Å². The lowest BCUT2D eigenvalue weighted by molar-refractivity contribution is 0.00578. The van der Waals surface area contributed by atoms with E-state index >= 15 is 0 Å². The lowest BCUT2D eigenvalue weighted by Crippen LogP contribution is -2.41. The van der Waals surface area contributed by atoms with Crippen LogP contribution in [0.5, 0.6) is 0 Å². The van der Waals surface area contributed by atoms with Crippen molar-refractivity contribution in [1.82, 2.24) is 0 Å². The molecule has 2 fully saturated rings. The largest absolute Gasteiger partial charge is 0.494 e. The molecule has 21 heavy (non-hydrogen) atoms. The summed E-state index contributed by atoms with van der Waals surface area (Å²) >= 11 is 3.61. The highest BCUT2D eigenvalue weighted by molar-refractivity contribution is 9.10. The summed E-state index contributed by atoms with van der Waals surface area (Å²) in [5.41, 5.74) is 1.75. The van der Waals surface area contributed by atoms with E-state index in [1.54, 1.807) is 0 Å². The first kappa shape index (κ1) is 15.5. The Labute approximate surface area is 135 Å². The summed E-state index contributed by atoms with van der Waals surface area (Å²) in [4.78, 5) is 0. The van der Waals surface area contributed by atoms with E-state index in [4.69, 9.17) is 14.0 Å². The van der Waals surface area contributed by atoms with Crippen LogP contribution in [0.1, 0.15) is 45.6 Å². The van der Waals surface area contributed by atoms with Crippen LogP contribution in [0.3, 0.4) is 0 Å². The van der Waals surface area contributed by atoms with Gasteiger partial charge in [-0.1, -0.05) is 22.0 Å². The minimum atomic E-state index is -0.312. The predicted molar refractivity (Wildman–Crippen MR) is 88.0 cm³/mol. The molecule has 0 aromatic heterocycles. The molecule has 1 aromatic rings. The molecule has 0 aliphatic carbocycles. The SMILES string of the molecule is CC1(C)OB(c2cc(Br)cc(C3CCOC3)c2)OC1(C)C. The molecule has 0 saturated carbocycles. The van der Waals surface area contributed by atoms with Gasteiger partial charge in [0.15, 0.2) is 0 Å². The second-order valence-electron chi connectivity index (χ2n) is 6.97. The van der Waals surface area contributed by atoms with Crippen LogP contribution in [0, 0.1) is 0 Å². The van der Waals surface area contributed by atoms with Gasteiger partial charge in [-0.25, -0.2) is 0 Å². The highest BCUT2D eigenvalue weighted by atomic mass is 79.9. The van der Waals surface area contributed by atoms with E-state index < -0.39 is 0 Å². The molecule has 3 nitrogen and oxygen atoms in total. The van der Waals surface area contributed by atoms with Crippen molar-refractivity contribution in [3.05, 3.63) is 28.2 Å². The van der Waals surface area contributed by atoms with Crippen LogP contribution in [-0.4, -0.2) is 31.5 Å². The molecule has 2 aliphatic heterocycles. The molecule has 0 N–H and O–H groups in total. The zero-order valence-electron chi connectivity index (χ0n) is 13.1. The van der Waals surface area contributed by atoms with Gasteiger partial charge in [0.2, 0.25) is 0 Å². The van der Waals surface area contributed by atoms with Crippen LogP contribution in [-0.2, 0) is 14.0 Å². The Hall–Kier alpha value is -0.355. The Morgan fingerprint density at radius 2 is 1.76 bits per heavy atom. The standard InChI is InChI=1S/C16H22BBrO3/c1-15(2)16(3,4)21-17(20-15)13-7-12(8-14(18)9-13)11-5-6-19-10-11/h7-9,11H,5-6,10H2,1-4H3. The highest BCUT2D eigenvalue weighted by Gasteiger charge is 2.51. The first-order valence-corrected chi connectivity index (χ1v) is 8.31. The third-order valence-electron chi connectivity index (χ3n) is 4.87. The summed E-state index contributed by atoms with van der Waals surface area (Å²) in [6.07, 6.45) is 1.08. The molecule has 1 aromatic carbocycles. The first-order valence-electron chi connectivity index (χ1n) is 7.52. The van der Waals surface area contributed by atoms with Gasteiger partial charge in [0.25, 0.3) is 0 Å². The lowest BCUT2D eigenvalue weighted by Gasteiger charge is -2.32. The molecule has 2 aliphatic rings. The van der Waals surface area contributed by atoms with Gasteiger partial charge in [-0.05, 0) is 57.3 Å². The molecule has 2 saturated heterocycles. The van der Waals surface area contributed by atoms with Gasteiger partial charge < -0.3 is 14.0 Å². The summed E-state index contributed by atoms with van der Waals surface area (Å²) in [5, 5.41) is 0. The third kappa shape index (κ3) is 2.94. The van der Waals surface area contributed by atoms with Crippen molar-refractivity contribution in [2.75, 3.05) is 13.2 Å². The maximum Gasteiger partial charge on any atom is 0.494 e. The van der Waals surface area contributed by atoms with Gasteiger partial charge in [0, 0.05) is 17.0 Å². The van der Waals surface area contributed by atoms with Gasteiger partial charge >= 0.3 is 7.12 Å². The fraction of sp³-hybridized carbons (Fsp3) is 0.625. The fourth-order valence-electron chi connectivity index (χ4n) is 2.78. The predicted octanol–water partition coefficient (Wildman–Crippen LogP) is 3.25. The van der Waals surface area contributed by atoms with Crippen LogP contribution < -0.4 is 5.46 Å². The van der Waals surface area contributed by atoms with E-state index in [2.05, 4.69) is 61.8 Å². The summed E-state index contributed by atoms with van der Waals surface area (Å²) in [7, 11) is -0.312. The summed E-state index contributed by atoms with van der Waals surface area (Å²) in [5.74, 6) is 0.476. The molecular weight excluding hydrogens is 331 g/mol. The average molecular weight is 353 g/mol. The van der Waals surface area contributed by atoms with Crippen molar-refractivity contribution in [2.24, 2.45) is 0 Å². The molecule has 2 heterocycles. The zero-order valence-corrected chi connectivity index (χ0v) is 14.7. The maximum atomic E-state index is 6.15. The number of hydrogen-bond donors (Lipinski definition) is 0. The molecule has 0 radical (unpaired) electrons. The van der Waals surface area contributed by atoms with Crippen molar-refractivity contribution in [3.8, 4) is 0 Å². The second kappa shape index (κ2) is 5.37. The van der Waals surface area contributed by atoms with Gasteiger partial charge in [0.1, 0.15) is 0 Å². The lowest BCUT2D eigenvalue weighted by atomic mass is 9.77. The van der Waals surface area contributed by atoms with E-state index in [0.29, 0.717) is 5.92 Å². The van der Waals surface area contributed by atoms with Crippen LogP contribution in [0.15, 0.2) is 22.7 Å². The monoisotopic (exact) mass is 352 g/mol. The van der Waals surface area contributed by atoms with Crippen molar-refractivity contribution >= 4 is 28.5 Å². The van der Waals surface area contributed by atoms with Crippen LogP contribution in [0.2, 0.25) is 0 Å². The summed E-state index contributed by atoms with van der Waals surface area (Å²) in [6.45, 7) is 9.98. The van der Waals surface area contributed by atoms with Gasteiger partial charge in [-0.3, -0.25) is 0 Å². The Bertz CT molecular complexity index is 522. The van der Waals surface area contributed by atoms with Gasteiger partial charge in [-0.2, -0.15) is 0 Å². The van der Waals surface area contributed by atoms with Crippen molar-refractivity contribution < 1.29 is 14.0 Å². The zero-order chi connectivity index (χ0) is 15.3. The third-order valence-corrected chi connectivity index (χ3v) is 5.33. The Kier molecular flexibility index (Phi) is 3.98. The fourth-order valence-corrected chi connectivity index (χ4v) is 3.31. The molecule has 0 bridgehead atoms. The van der Waals surface area contributed by atoms with E-state index in [1.165, 1.54) is 5.56 Å². The molecule has 1 unspecified atom stereocenters. The van der Waals surface area contributed by atoms with Crippen LogP contribution in [0.25, 0.3) is 0 Å². The van der Waals surface area contributed by atoms with Gasteiger partial charge in [0.05, 0.1) is 17.8 Å². The minimum absolute atomic E-state index is 0.309. The summed E-state index contributed by atoms with van der Waals surface area (Å²) in [6, 6.07) is 6.46. The van der Waals surface area contributed by atoms with Crippen molar-refractivity contribution in [3.63, 3.8) is 0 Å². The van der Waals surface area contributed by atoms with Crippen molar-refractivity contribution in [1.29, 1.82) is 0 Å². The topological polar surface area (TPSA) is 27.7 Å². The number of halogens is 1. The van der Waals surface area contributed by atoms with Gasteiger partial charge in [-0.15, -0.1) is 0 Å². The highest BCUT2D eigenvalue weighted by Crippen LogP contribution is 2.37. The van der Waals surface area contributed by atoms with Crippen LogP contribution in [0.4, 0.5) is 0 Å². The first-order chi connectivity index (χ1) is 9.78. The Balaban J connectivity index is 1.89. The molecule has 0 spiro atoms. The molecule has 3 rings (SSSR count). The summed E-state index contributed by atoms with van der Waals surface area (Å²) < 4.78 is 18.9. The molecule has 0 amide bonds. The normalized spacial score (nSPS) is 27.3. The Morgan fingerprint density at radius 1 is 1.10 bits per heavy atom. The number of rotatable bonds is 2. The van der Waals surface area contributed by atoms with E-state index in [-0.39, 0.29) is 18.3 Å². The van der Waals surface area contributed by atoms with E-state index in [1.807, 2.05) is 0 Å². The number of benzene rings is 1. The molecular formula is C16H22BBrO3. The molecule has 5 heteroatoms. The quantitative estimate of drug-likeness (QED) is 0.764. The maximum absolute atomic E-state index is 6.15. The van der Waals surface area contributed by atoms with E-state index in [0.717, 1.165) is 29.6 Å². The average Bonchev–Trinajstić information content (AvgIpc) is 2.96. The molecule has 114 valence electrons. The minimum Gasteiger partial charge on any atom is -0.399 e. The van der Waals surface area contributed by atoms with Crippen LogP contribution >= 0.6 is 15.9 Å². The number of ether oxygens (including phenoxy) is 1.